The largest absolute Gasteiger partial charge is 0.450 e. The number of hydrogen-bond acceptors (Lipinski definition) is 3. The number of carbonyl (C=O) groups excluding carboxylic acids is 1. The first-order valence-corrected chi connectivity index (χ1v) is 5.89. The van der Waals surface area contributed by atoms with Crippen LogP contribution in [0, 0.1) is 0 Å². The van der Waals surface area contributed by atoms with E-state index < -0.39 is 0 Å². The minimum Gasteiger partial charge on any atom is -0.450 e. The van der Waals surface area contributed by atoms with Crippen molar-refractivity contribution in [3.05, 3.63) is 0 Å². The van der Waals surface area contributed by atoms with E-state index >= 15 is 0 Å². The highest BCUT2D eigenvalue weighted by molar-refractivity contribution is 5.69. The molecule has 0 bridgehead atoms. The van der Waals surface area contributed by atoms with Gasteiger partial charge in [-0.3, -0.25) is 0 Å². The zero-order valence-corrected chi connectivity index (χ0v) is 10.9. The molecule has 0 heterocycles. The van der Waals surface area contributed by atoms with Crippen LogP contribution in [0.1, 0.15) is 40.5 Å². The van der Waals surface area contributed by atoms with Gasteiger partial charge in [-0.25, -0.2) is 4.79 Å². The van der Waals surface area contributed by atoms with E-state index in [2.05, 4.69) is 0 Å². The molecule has 1 aliphatic carbocycles. The van der Waals surface area contributed by atoms with Gasteiger partial charge in [0, 0.05) is 18.7 Å². The lowest BCUT2D eigenvalue weighted by Crippen LogP contribution is -2.57. The summed E-state index contributed by atoms with van der Waals surface area (Å²) in [7, 11) is 1.71. The molecule has 0 unspecified atom stereocenters. The fourth-order valence-corrected chi connectivity index (χ4v) is 2.10. The predicted molar refractivity (Wildman–Crippen MR) is 62.4 cm³/mol. The number of carbonyl (C=O) groups is 1. The van der Waals surface area contributed by atoms with Gasteiger partial charge in [-0.15, -0.1) is 0 Å². The fraction of sp³-hybridized carbons (Fsp3) is 0.917. The first kappa shape index (κ1) is 13.3. The van der Waals surface area contributed by atoms with Gasteiger partial charge in [0.15, 0.2) is 0 Å². The van der Waals surface area contributed by atoms with Gasteiger partial charge in [0.05, 0.1) is 12.7 Å². The van der Waals surface area contributed by atoms with Crippen molar-refractivity contribution in [1.29, 1.82) is 0 Å². The molecule has 1 aliphatic rings. The van der Waals surface area contributed by atoms with Crippen molar-refractivity contribution >= 4 is 6.09 Å². The zero-order valence-electron chi connectivity index (χ0n) is 10.9. The minimum atomic E-state index is -0.213. The predicted octanol–water partition coefficient (Wildman–Crippen LogP) is 2.42. The van der Waals surface area contributed by atoms with Crippen LogP contribution in [0.15, 0.2) is 0 Å². The summed E-state index contributed by atoms with van der Waals surface area (Å²) in [5.74, 6) is 0. The Morgan fingerprint density at radius 1 is 1.38 bits per heavy atom. The van der Waals surface area contributed by atoms with E-state index in [-0.39, 0.29) is 17.7 Å². The molecule has 0 aromatic carbocycles. The Kier molecular flexibility index (Phi) is 4.19. The molecule has 1 saturated carbocycles. The van der Waals surface area contributed by atoms with Crippen LogP contribution < -0.4 is 0 Å². The molecule has 0 radical (unpaired) electrons. The summed E-state index contributed by atoms with van der Waals surface area (Å²) in [5.41, 5.74) is -0.199. The summed E-state index contributed by atoms with van der Waals surface area (Å²) in [4.78, 5) is 13.7. The minimum absolute atomic E-state index is 0.199. The summed E-state index contributed by atoms with van der Waals surface area (Å²) in [5, 5.41) is 0. The number of nitrogens with zero attached hydrogens (tertiary/aromatic N) is 1. The Labute approximate surface area is 97.9 Å². The van der Waals surface area contributed by atoms with Crippen LogP contribution in [0.3, 0.4) is 0 Å². The molecule has 0 aliphatic heterocycles. The molecule has 16 heavy (non-hydrogen) atoms. The van der Waals surface area contributed by atoms with Crippen LogP contribution >= 0.6 is 0 Å². The molecule has 0 atom stereocenters. The van der Waals surface area contributed by atoms with E-state index in [1.54, 1.807) is 7.11 Å². The van der Waals surface area contributed by atoms with Gasteiger partial charge >= 0.3 is 6.09 Å². The number of rotatable bonds is 3. The smallest absolute Gasteiger partial charge is 0.410 e. The third-order valence-corrected chi connectivity index (χ3v) is 2.96. The van der Waals surface area contributed by atoms with E-state index in [1.807, 2.05) is 32.6 Å². The van der Waals surface area contributed by atoms with Crippen LogP contribution in [0.25, 0.3) is 0 Å². The highest BCUT2D eigenvalue weighted by Gasteiger charge is 2.41. The van der Waals surface area contributed by atoms with Crippen LogP contribution in [0.2, 0.25) is 0 Å². The summed E-state index contributed by atoms with van der Waals surface area (Å²) in [6.07, 6.45) is 1.90. The number of ether oxygens (including phenoxy) is 2. The van der Waals surface area contributed by atoms with Crippen LogP contribution in [0.5, 0.6) is 0 Å². The Morgan fingerprint density at radius 2 is 1.94 bits per heavy atom. The summed E-state index contributed by atoms with van der Waals surface area (Å²) in [6.45, 7) is 8.35. The van der Waals surface area contributed by atoms with Gasteiger partial charge in [-0.05, 0) is 40.5 Å². The highest BCUT2D eigenvalue weighted by atomic mass is 16.6. The molecular weight excluding hydrogens is 206 g/mol. The van der Waals surface area contributed by atoms with Gasteiger partial charge in [-0.1, -0.05) is 0 Å². The van der Waals surface area contributed by atoms with E-state index in [1.165, 1.54) is 0 Å². The number of methoxy groups -OCH3 is 1. The molecule has 0 spiro atoms. The molecule has 0 saturated heterocycles. The Hall–Kier alpha value is -0.770. The standard InChI is InChI=1S/C12H23NO3/c1-6-16-11(14)13(12(2,3)4)9-7-10(8-9)15-5/h9-10H,6-8H2,1-5H3. The number of hydrogen-bond donors (Lipinski definition) is 0. The van der Waals surface area contributed by atoms with Gasteiger partial charge in [0.1, 0.15) is 0 Å². The van der Waals surface area contributed by atoms with Crippen molar-refractivity contribution in [2.45, 2.75) is 58.2 Å². The van der Waals surface area contributed by atoms with E-state index in [0.717, 1.165) is 12.8 Å². The van der Waals surface area contributed by atoms with Crippen molar-refractivity contribution in [2.75, 3.05) is 13.7 Å². The normalized spacial score (nSPS) is 24.8. The zero-order chi connectivity index (χ0) is 12.3. The fourth-order valence-electron chi connectivity index (χ4n) is 2.10. The topological polar surface area (TPSA) is 38.8 Å². The molecular formula is C12H23NO3. The maximum absolute atomic E-state index is 11.9. The second kappa shape index (κ2) is 5.04. The van der Waals surface area contributed by atoms with Gasteiger partial charge in [0.25, 0.3) is 0 Å². The molecule has 4 nitrogen and oxygen atoms in total. The van der Waals surface area contributed by atoms with Crippen molar-refractivity contribution < 1.29 is 14.3 Å². The van der Waals surface area contributed by atoms with Crippen molar-refractivity contribution in [3.8, 4) is 0 Å². The van der Waals surface area contributed by atoms with Crippen LogP contribution in [-0.2, 0) is 9.47 Å². The van der Waals surface area contributed by atoms with Gasteiger partial charge in [0.2, 0.25) is 0 Å². The third-order valence-electron chi connectivity index (χ3n) is 2.96. The average Bonchev–Trinajstić information content (AvgIpc) is 2.08. The van der Waals surface area contributed by atoms with Crippen molar-refractivity contribution in [1.82, 2.24) is 4.90 Å². The number of amides is 1. The Morgan fingerprint density at radius 3 is 2.31 bits per heavy atom. The molecule has 0 N–H and O–H groups in total. The third kappa shape index (κ3) is 2.88. The summed E-state index contributed by atoms with van der Waals surface area (Å²) >= 11 is 0. The lowest BCUT2D eigenvalue weighted by atomic mass is 9.85. The first-order valence-electron chi connectivity index (χ1n) is 5.89. The molecule has 1 fully saturated rings. The van der Waals surface area contributed by atoms with Crippen LogP contribution in [0.4, 0.5) is 4.79 Å². The summed E-state index contributed by atoms with van der Waals surface area (Å²) < 4.78 is 10.3. The molecule has 1 amide bonds. The maximum atomic E-state index is 11.9. The second-order valence-corrected chi connectivity index (χ2v) is 5.22. The average molecular weight is 229 g/mol. The maximum Gasteiger partial charge on any atom is 0.410 e. The lowest BCUT2D eigenvalue weighted by molar-refractivity contribution is -0.0495. The quantitative estimate of drug-likeness (QED) is 0.746. The Balaban J connectivity index is 2.63. The van der Waals surface area contributed by atoms with E-state index in [9.17, 15) is 4.79 Å². The van der Waals surface area contributed by atoms with E-state index in [0.29, 0.717) is 12.7 Å². The first-order chi connectivity index (χ1) is 7.40. The molecule has 0 aromatic rings. The lowest BCUT2D eigenvalue weighted by Gasteiger charge is -2.47. The van der Waals surface area contributed by atoms with Crippen molar-refractivity contribution in [2.24, 2.45) is 0 Å². The Bertz CT molecular complexity index is 241. The monoisotopic (exact) mass is 229 g/mol. The molecule has 4 heteroatoms. The van der Waals surface area contributed by atoms with Gasteiger partial charge < -0.3 is 14.4 Å². The van der Waals surface area contributed by atoms with Crippen LogP contribution in [-0.4, -0.2) is 42.4 Å². The van der Waals surface area contributed by atoms with Gasteiger partial charge in [-0.2, -0.15) is 0 Å². The molecule has 0 aromatic heterocycles. The van der Waals surface area contributed by atoms with E-state index in [4.69, 9.17) is 9.47 Å². The van der Waals surface area contributed by atoms with Crippen molar-refractivity contribution in [3.63, 3.8) is 0 Å². The SMILES string of the molecule is CCOC(=O)N(C1CC(OC)C1)C(C)(C)C. The molecule has 94 valence electrons. The second-order valence-electron chi connectivity index (χ2n) is 5.22. The molecule has 1 rings (SSSR count). The summed E-state index contributed by atoms with van der Waals surface area (Å²) in [6, 6.07) is 0.254. The highest BCUT2D eigenvalue weighted by Crippen LogP contribution is 2.33.